The van der Waals surface area contributed by atoms with Crippen molar-refractivity contribution in [2.75, 3.05) is 23.4 Å². The Morgan fingerprint density at radius 3 is 2.17 bits per heavy atom. The third kappa shape index (κ3) is 9.11. The number of anilines is 3. The van der Waals surface area contributed by atoms with E-state index in [0.717, 1.165) is 25.8 Å². The number of thiazole rings is 1. The highest BCUT2D eigenvalue weighted by Gasteiger charge is 2.18. The minimum absolute atomic E-state index is 0.0950. The van der Waals surface area contributed by atoms with Gasteiger partial charge in [0.2, 0.25) is 0 Å². The van der Waals surface area contributed by atoms with Crippen molar-refractivity contribution >= 4 is 84.5 Å². The zero-order valence-electron chi connectivity index (χ0n) is 24.6. The van der Waals surface area contributed by atoms with Gasteiger partial charge in [0.25, 0.3) is 10.1 Å². The van der Waals surface area contributed by atoms with E-state index in [2.05, 4.69) is 10.6 Å². The first-order valence-electron chi connectivity index (χ1n) is 13.2. The summed E-state index contributed by atoms with van der Waals surface area (Å²) in [7, 11) is -2.40. The predicted octanol–water partition coefficient (Wildman–Crippen LogP) is 6.52. The number of benzene rings is 4. The highest BCUT2D eigenvalue weighted by Crippen LogP contribution is 2.39. The number of rotatable bonds is 7. The summed E-state index contributed by atoms with van der Waals surface area (Å²) < 4.78 is 34.1. The van der Waals surface area contributed by atoms with E-state index in [9.17, 15) is 23.1 Å². The number of carbonyl (C=O) groups is 2. The Morgan fingerprint density at radius 1 is 0.936 bits per heavy atom. The van der Waals surface area contributed by atoms with Gasteiger partial charge in [0.1, 0.15) is 10.6 Å². The van der Waals surface area contributed by atoms with Crippen molar-refractivity contribution < 1.29 is 43.0 Å². The van der Waals surface area contributed by atoms with Crippen LogP contribution in [0.5, 0.6) is 11.5 Å². The molecule has 0 saturated heterocycles. The molecule has 0 radical (unpaired) electrons. The average molecular weight is 721 g/mol. The number of para-hydroxylation sites is 2. The van der Waals surface area contributed by atoms with Crippen LogP contribution in [0.25, 0.3) is 10.2 Å². The Kier molecular flexibility index (Phi) is 12.2. The van der Waals surface area contributed by atoms with Gasteiger partial charge >= 0.3 is 11.9 Å². The number of nitrogen functional groups attached to an aromatic ring is 1. The van der Waals surface area contributed by atoms with Crippen molar-refractivity contribution in [3.63, 3.8) is 0 Å². The number of phenolic OH excluding ortho intramolecular Hbond substituents is 1. The Hall–Kier alpha value is -4.87. The topological polar surface area (TPSA) is 224 Å². The lowest BCUT2D eigenvalue weighted by molar-refractivity contribution is 0.0684. The number of aromatic carboxylic acids is 2. The van der Waals surface area contributed by atoms with E-state index in [1.54, 1.807) is 48.7 Å². The van der Waals surface area contributed by atoms with Gasteiger partial charge in [-0.2, -0.15) is 8.42 Å². The van der Waals surface area contributed by atoms with E-state index in [1.165, 1.54) is 12.1 Å². The largest absolute Gasteiger partial charge is 0.505 e. The SMILES string of the molecule is CNc1cc(S(=O)(=O)O)ccc1C.Nc1cc(C(=O)O)c(O)c(Cl)c1O.O=C(O)c1ccccc1NCn1c(=S)sc2ccccc21. The summed E-state index contributed by atoms with van der Waals surface area (Å²) in [5, 5.41) is 41.5. The molecule has 5 rings (SSSR count). The van der Waals surface area contributed by atoms with Crippen molar-refractivity contribution in [2.45, 2.75) is 18.5 Å². The third-order valence-corrected chi connectivity index (χ3v) is 9.05. The van der Waals surface area contributed by atoms with Crippen molar-refractivity contribution in [3.8, 4) is 11.5 Å². The fraction of sp³-hybridized carbons (Fsp3) is 0.100. The van der Waals surface area contributed by atoms with Gasteiger partial charge in [-0.15, -0.1) is 11.3 Å². The van der Waals surface area contributed by atoms with Gasteiger partial charge in [-0.3, -0.25) is 4.55 Å². The molecule has 0 fully saturated rings. The average Bonchev–Trinajstić information content (AvgIpc) is 3.35. The molecule has 0 bridgehead atoms. The molecular weight excluding hydrogens is 692 g/mol. The maximum absolute atomic E-state index is 11.2. The van der Waals surface area contributed by atoms with Gasteiger partial charge in [0, 0.05) is 12.7 Å². The predicted molar refractivity (Wildman–Crippen MR) is 184 cm³/mol. The molecule has 248 valence electrons. The monoisotopic (exact) mass is 720 g/mol. The van der Waals surface area contributed by atoms with Crippen LogP contribution in [0.1, 0.15) is 26.3 Å². The molecule has 1 aromatic heterocycles. The van der Waals surface area contributed by atoms with E-state index in [1.807, 2.05) is 35.8 Å². The standard InChI is InChI=1S/C15H12N2O2S2.C8H11NO3S.C7H6ClNO4/c18-14(19)10-5-1-2-6-11(10)16-9-17-12-7-3-4-8-13(12)21-15(17)20;1-6-3-4-7(13(10,11)12)5-8(6)9-2;8-4-5(10)2(7(12)13)1-3(9)6(4)11/h1-8,16H,9H2,(H,18,19);3-5,9H,1-2H3,(H,10,11,12);1,10-11H,9H2,(H,12,13). The number of hydrogen-bond acceptors (Lipinski definition) is 11. The van der Waals surface area contributed by atoms with Crippen LogP contribution in [0.15, 0.2) is 77.7 Å². The highest BCUT2D eigenvalue weighted by molar-refractivity contribution is 7.85. The molecule has 4 aromatic carbocycles. The van der Waals surface area contributed by atoms with Crippen LogP contribution in [0.2, 0.25) is 5.02 Å². The number of nitrogens with one attached hydrogen (secondary N) is 2. The van der Waals surface area contributed by atoms with Crippen LogP contribution < -0.4 is 16.4 Å². The number of phenols is 2. The number of carboxylic acids is 2. The molecule has 17 heteroatoms. The number of nitrogens with two attached hydrogens (primary N) is 1. The molecule has 0 aliphatic heterocycles. The van der Waals surface area contributed by atoms with Crippen molar-refractivity contribution in [3.05, 3.63) is 98.5 Å². The Bertz CT molecular complexity index is 2120. The number of carboxylic acid groups (broad SMARTS) is 2. The summed E-state index contributed by atoms with van der Waals surface area (Å²) >= 11 is 12.3. The minimum atomic E-state index is -4.09. The van der Waals surface area contributed by atoms with E-state index < -0.39 is 44.1 Å². The summed E-state index contributed by atoms with van der Waals surface area (Å²) in [5.41, 5.74) is 8.08. The van der Waals surface area contributed by atoms with Gasteiger partial charge in [-0.1, -0.05) is 41.9 Å². The van der Waals surface area contributed by atoms with Crippen molar-refractivity contribution in [1.29, 1.82) is 0 Å². The third-order valence-electron chi connectivity index (χ3n) is 6.41. The minimum Gasteiger partial charge on any atom is -0.505 e. The molecule has 1 heterocycles. The zero-order chi connectivity index (χ0) is 35.1. The van der Waals surface area contributed by atoms with Crippen LogP contribution in [0, 0.1) is 10.9 Å². The number of hydrogen-bond donors (Lipinski definition) is 8. The number of aryl methyl sites for hydroxylation is 1. The van der Waals surface area contributed by atoms with Crippen LogP contribution >= 0.6 is 35.2 Å². The molecular formula is C30H29ClN4O9S3. The smallest absolute Gasteiger partial charge is 0.339 e. The lowest BCUT2D eigenvalue weighted by Gasteiger charge is -2.11. The van der Waals surface area contributed by atoms with Crippen LogP contribution in [-0.4, -0.2) is 57.0 Å². The molecule has 13 nitrogen and oxygen atoms in total. The van der Waals surface area contributed by atoms with E-state index >= 15 is 0 Å². The molecule has 0 saturated carbocycles. The summed E-state index contributed by atoms with van der Waals surface area (Å²) in [6, 6.07) is 20.1. The van der Waals surface area contributed by atoms with E-state index in [4.69, 9.17) is 49.4 Å². The Labute approximate surface area is 282 Å². The van der Waals surface area contributed by atoms with Crippen LogP contribution in [-0.2, 0) is 16.8 Å². The maximum atomic E-state index is 11.2. The zero-order valence-corrected chi connectivity index (χ0v) is 27.8. The van der Waals surface area contributed by atoms with Gasteiger partial charge in [0.15, 0.2) is 15.5 Å². The fourth-order valence-corrected chi connectivity index (χ4v) is 6.04. The normalized spacial score (nSPS) is 10.6. The molecule has 5 aromatic rings. The summed E-state index contributed by atoms with van der Waals surface area (Å²) in [4.78, 5) is 21.6. The number of aromatic hydroxyl groups is 2. The van der Waals surface area contributed by atoms with Gasteiger partial charge in [-0.05, 0) is 67.2 Å². The van der Waals surface area contributed by atoms with E-state index in [0.29, 0.717) is 18.0 Å². The number of nitrogens with zero attached hydrogens (tertiary/aromatic N) is 1. The molecule has 47 heavy (non-hydrogen) atoms. The first kappa shape index (κ1) is 36.6. The van der Waals surface area contributed by atoms with Crippen LogP contribution in [0.3, 0.4) is 0 Å². The highest BCUT2D eigenvalue weighted by atomic mass is 35.5. The number of aromatic nitrogens is 1. The maximum Gasteiger partial charge on any atom is 0.339 e. The molecule has 0 aliphatic rings. The molecule has 0 aliphatic carbocycles. The van der Waals surface area contributed by atoms with Crippen LogP contribution in [0.4, 0.5) is 17.1 Å². The Balaban J connectivity index is 0.000000202. The molecule has 0 atom stereocenters. The lowest BCUT2D eigenvalue weighted by atomic mass is 10.1. The molecule has 0 spiro atoms. The first-order valence-corrected chi connectivity index (χ1v) is 16.2. The summed E-state index contributed by atoms with van der Waals surface area (Å²) in [6.07, 6.45) is 0. The summed E-state index contributed by atoms with van der Waals surface area (Å²) in [6.45, 7) is 2.28. The van der Waals surface area contributed by atoms with Crippen molar-refractivity contribution in [2.24, 2.45) is 0 Å². The fourth-order valence-electron chi connectivity index (χ4n) is 3.99. The number of halogens is 1. The van der Waals surface area contributed by atoms with E-state index in [-0.39, 0.29) is 16.1 Å². The second-order valence-electron chi connectivity index (χ2n) is 9.48. The van der Waals surface area contributed by atoms with Crippen molar-refractivity contribution in [1.82, 2.24) is 4.57 Å². The Morgan fingerprint density at radius 2 is 1.55 bits per heavy atom. The molecule has 9 N–H and O–H groups in total. The number of fused-ring (bicyclic) bond motifs is 1. The second kappa shape index (κ2) is 15.6. The molecule has 0 amide bonds. The van der Waals surface area contributed by atoms with Gasteiger partial charge in [-0.25, -0.2) is 9.59 Å². The first-order chi connectivity index (χ1) is 22.1. The molecule has 0 unspecified atom stereocenters. The van der Waals surface area contributed by atoms with Gasteiger partial charge in [0.05, 0.1) is 38.7 Å². The quantitative estimate of drug-likeness (QED) is 0.0295. The second-order valence-corrected chi connectivity index (χ2v) is 13.0. The van der Waals surface area contributed by atoms with Gasteiger partial charge < -0.3 is 41.4 Å². The lowest BCUT2D eigenvalue weighted by Crippen LogP contribution is -2.11. The summed E-state index contributed by atoms with van der Waals surface area (Å²) in [5.74, 6) is -3.53.